The number of halogens is 3. The standard InChI is InChI=1S/C14H28F3NO/c1-5-13(6-2,18(7-3)8-4)12(19)10-9-11-14(15,16)17/h12,19H,5-11H2,1-4H3. The summed E-state index contributed by atoms with van der Waals surface area (Å²) in [5, 5.41) is 10.4. The van der Waals surface area contributed by atoms with E-state index in [1.807, 2.05) is 27.7 Å². The van der Waals surface area contributed by atoms with E-state index in [2.05, 4.69) is 4.90 Å². The molecule has 5 heteroatoms. The molecule has 0 fully saturated rings. The molecule has 0 aromatic carbocycles. The number of aliphatic hydroxyl groups excluding tert-OH is 1. The van der Waals surface area contributed by atoms with Crippen molar-refractivity contribution in [3.05, 3.63) is 0 Å². The van der Waals surface area contributed by atoms with Gasteiger partial charge in [-0.15, -0.1) is 0 Å². The molecule has 1 atom stereocenters. The third-order valence-corrected chi connectivity index (χ3v) is 4.18. The highest BCUT2D eigenvalue weighted by Crippen LogP contribution is 2.32. The summed E-state index contributed by atoms with van der Waals surface area (Å²) in [6.07, 6.45) is -3.95. The molecule has 0 spiro atoms. The molecule has 1 unspecified atom stereocenters. The number of aliphatic hydroxyl groups is 1. The van der Waals surface area contributed by atoms with Crippen LogP contribution in [0.4, 0.5) is 13.2 Å². The molecule has 0 aliphatic rings. The lowest BCUT2D eigenvalue weighted by Gasteiger charge is -2.46. The normalized spacial score (nSPS) is 15.0. The van der Waals surface area contributed by atoms with Gasteiger partial charge in [0.2, 0.25) is 0 Å². The Morgan fingerprint density at radius 1 is 1.00 bits per heavy atom. The maximum Gasteiger partial charge on any atom is 0.389 e. The summed E-state index contributed by atoms with van der Waals surface area (Å²) >= 11 is 0. The number of nitrogens with zero attached hydrogens (tertiary/aromatic N) is 1. The fourth-order valence-electron chi connectivity index (χ4n) is 3.00. The monoisotopic (exact) mass is 283 g/mol. The Morgan fingerprint density at radius 2 is 1.47 bits per heavy atom. The number of alkyl halides is 3. The van der Waals surface area contributed by atoms with Crippen molar-refractivity contribution in [1.29, 1.82) is 0 Å². The second kappa shape index (κ2) is 8.10. The summed E-state index contributed by atoms with van der Waals surface area (Å²) in [5.74, 6) is 0. The minimum Gasteiger partial charge on any atom is -0.391 e. The molecule has 0 aliphatic carbocycles. The van der Waals surface area contributed by atoms with Gasteiger partial charge in [-0.3, -0.25) is 4.90 Å². The van der Waals surface area contributed by atoms with Crippen molar-refractivity contribution in [2.24, 2.45) is 0 Å². The van der Waals surface area contributed by atoms with Gasteiger partial charge in [-0.2, -0.15) is 13.2 Å². The zero-order valence-electron chi connectivity index (χ0n) is 12.6. The number of rotatable bonds is 9. The fourth-order valence-corrected chi connectivity index (χ4v) is 3.00. The van der Waals surface area contributed by atoms with Crippen LogP contribution >= 0.6 is 0 Å². The van der Waals surface area contributed by atoms with Gasteiger partial charge in [0.05, 0.1) is 6.10 Å². The molecule has 0 rings (SSSR count). The van der Waals surface area contributed by atoms with Gasteiger partial charge in [-0.05, 0) is 38.8 Å². The van der Waals surface area contributed by atoms with E-state index in [-0.39, 0.29) is 12.8 Å². The van der Waals surface area contributed by atoms with E-state index in [1.165, 1.54) is 0 Å². The van der Waals surface area contributed by atoms with E-state index < -0.39 is 24.2 Å². The molecular formula is C14H28F3NO. The SMILES string of the molecule is CCN(CC)C(CC)(CC)C(O)CCCC(F)(F)F. The van der Waals surface area contributed by atoms with Crippen molar-refractivity contribution in [1.82, 2.24) is 4.90 Å². The van der Waals surface area contributed by atoms with Crippen LogP contribution in [0.25, 0.3) is 0 Å². The maximum atomic E-state index is 12.2. The van der Waals surface area contributed by atoms with E-state index in [4.69, 9.17) is 0 Å². The average molecular weight is 283 g/mol. The van der Waals surface area contributed by atoms with Gasteiger partial charge in [0, 0.05) is 12.0 Å². The van der Waals surface area contributed by atoms with Crippen molar-refractivity contribution in [2.45, 2.75) is 77.6 Å². The van der Waals surface area contributed by atoms with Crippen LogP contribution in [0.1, 0.15) is 59.8 Å². The molecule has 0 heterocycles. The average Bonchev–Trinajstić information content (AvgIpc) is 2.34. The Hall–Kier alpha value is -0.290. The van der Waals surface area contributed by atoms with Crippen LogP contribution in [0.5, 0.6) is 0 Å². The summed E-state index contributed by atoms with van der Waals surface area (Å²) < 4.78 is 36.5. The quantitative estimate of drug-likeness (QED) is 0.692. The predicted molar refractivity (Wildman–Crippen MR) is 72.1 cm³/mol. The van der Waals surface area contributed by atoms with Gasteiger partial charge < -0.3 is 5.11 Å². The van der Waals surface area contributed by atoms with Crippen molar-refractivity contribution >= 4 is 0 Å². The van der Waals surface area contributed by atoms with Crippen LogP contribution in [0.15, 0.2) is 0 Å². The predicted octanol–water partition coefficient (Wildman–Crippen LogP) is 3.98. The Kier molecular flexibility index (Phi) is 7.98. The van der Waals surface area contributed by atoms with Gasteiger partial charge in [-0.1, -0.05) is 27.7 Å². The number of likely N-dealkylation sites (N-methyl/N-ethyl adjacent to an activating group) is 1. The van der Waals surface area contributed by atoms with E-state index in [1.54, 1.807) is 0 Å². The minimum absolute atomic E-state index is 0.00626. The first-order valence-electron chi connectivity index (χ1n) is 7.27. The zero-order chi connectivity index (χ0) is 15.1. The topological polar surface area (TPSA) is 23.5 Å². The lowest BCUT2D eigenvalue weighted by molar-refractivity contribution is -0.138. The smallest absolute Gasteiger partial charge is 0.389 e. The molecule has 1 N–H and O–H groups in total. The highest BCUT2D eigenvalue weighted by Gasteiger charge is 2.39. The molecule has 0 bridgehead atoms. The summed E-state index contributed by atoms with van der Waals surface area (Å²) in [4.78, 5) is 2.17. The Labute approximate surface area is 115 Å². The third-order valence-electron chi connectivity index (χ3n) is 4.18. The van der Waals surface area contributed by atoms with Crippen molar-refractivity contribution in [2.75, 3.05) is 13.1 Å². The van der Waals surface area contributed by atoms with Crippen molar-refractivity contribution in [3.8, 4) is 0 Å². The minimum atomic E-state index is -4.13. The van der Waals surface area contributed by atoms with E-state index in [0.717, 1.165) is 25.9 Å². The number of hydrogen-bond donors (Lipinski definition) is 1. The highest BCUT2D eigenvalue weighted by atomic mass is 19.4. The molecule has 0 saturated carbocycles. The molecule has 0 aliphatic heterocycles. The first-order valence-corrected chi connectivity index (χ1v) is 7.27. The lowest BCUT2D eigenvalue weighted by atomic mass is 9.82. The molecule has 116 valence electrons. The first kappa shape index (κ1) is 18.7. The van der Waals surface area contributed by atoms with Crippen LogP contribution in [-0.4, -0.2) is 40.9 Å². The van der Waals surface area contributed by atoms with Crippen LogP contribution < -0.4 is 0 Å². The third kappa shape index (κ3) is 5.30. The summed E-state index contributed by atoms with van der Waals surface area (Å²) in [5.41, 5.74) is -0.394. The van der Waals surface area contributed by atoms with Crippen LogP contribution in [0.2, 0.25) is 0 Å². The number of hydrogen-bond acceptors (Lipinski definition) is 2. The summed E-state index contributed by atoms with van der Waals surface area (Å²) in [7, 11) is 0. The second-order valence-corrected chi connectivity index (χ2v) is 5.01. The molecule has 19 heavy (non-hydrogen) atoms. The van der Waals surface area contributed by atoms with Gasteiger partial charge in [0.15, 0.2) is 0 Å². The zero-order valence-corrected chi connectivity index (χ0v) is 12.6. The summed E-state index contributed by atoms with van der Waals surface area (Å²) in [6.45, 7) is 9.63. The van der Waals surface area contributed by atoms with Crippen LogP contribution in [0.3, 0.4) is 0 Å². The first-order chi connectivity index (χ1) is 8.77. The van der Waals surface area contributed by atoms with Crippen LogP contribution in [0, 0.1) is 0 Å². The van der Waals surface area contributed by atoms with Gasteiger partial charge in [-0.25, -0.2) is 0 Å². The second-order valence-electron chi connectivity index (χ2n) is 5.01. The van der Waals surface area contributed by atoms with Gasteiger partial charge in [0.1, 0.15) is 0 Å². The summed E-state index contributed by atoms with van der Waals surface area (Å²) in [6, 6.07) is 0. The lowest BCUT2D eigenvalue weighted by Crippen LogP contribution is -2.56. The molecule has 0 radical (unpaired) electrons. The van der Waals surface area contributed by atoms with Crippen molar-refractivity contribution < 1.29 is 18.3 Å². The van der Waals surface area contributed by atoms with Crippen LogP contribution in [-0.2, 0) is 0 Å². The largest absolute Gasteiger partial charge is 0.391 e. The Bertz CT molecular complexity index is 235. The Balaban J connectivity index is 4.69. The van der Waals surface area contributed by atoms with Crippen molar-refractivity contribution in [3.63, 3.8) is 0 Å². The molecule has 0 aromatic rings. The van der Waals surface area contributed by atoms with Gasteiger partial charge in [0.25, 0.3) is 0 Å². The fraction of sp³-hybridized carbons (Fsp3) is 1.00. The molecule has 2 nitrogen and oxygen atoms in total. The molecule has 0 saturated heterocycles. The molecular weight excluding hydrogens is 255 g/mol. The molecule has 0 amide bonds. The van der Waals surface area contributed by atoms with E-state index >= 15 is 0 Å². The maximum absolute atomic E-state index is 12.2. The van der Waals surface area contributed by atoms with E-state index in [0.29, 0.717) is 0 Å². The highest BCUT2D eigenvalue weighted by molar-refractivity contribution is 4.94. The van der Waals surface area contributed by atoms with E-state index in [9.17, 15) is 18.3 Å². The van der Waals surface area contributed by atoms with Gasteiger partial charge >= 0.3 is 6.18 Å². The Morgan fingerprint density at radius 3 is 1.79 bits per heavy atom. The molecule has 0 aromatic heterocycles.